The summed E-state index contributed by atoms with van der Waals surface area (Å²) >= 11 is 0. The van der Waals surface area contributed by atoms with E-state index in [0.717, 1.165) is 31.1 Å². The number of hydrogen-bond acceptors (Lipinski definition) is 8. The van der Waals surface area contributed by atoms with Gasteiger partial charge in [0, 0.05) is 29.9 Å². The molecule has 1 saturated carbocycles. The Balaban J connectivity index is 1.57. The number of carbonyl (C=O) groups excluding carboxylic acids is 2. The highest BCUT2D eigenvalue weighted by Crippen LogP contribution is 2.36. The van der Waals surface area contributed by atoms with Crippen molar-refractivity contribution in [2.24, 2.45) is 0 Å². The monoisotopic (exact) mass is 489 g/mol. The van der Waals surface area contributed by atoms with Crippen molar-refractivity contribution in [1.82, 2.24) is 20.6 Å². The zero-order valence-electron chi connectivity index (χ0n) is 22.2. The fourth-order valence-electron chi connectivity index (χ4n) is 4.01. The molecule has 1 aromatic rings. The number of nitrogens with one attached hydrogen (secondary N) is 3. The minimum Gasteiger partial charge on any atom is -0.444 e. The van der Waals surface area contributed by atoms with Gasteiger partial charge in [0.25, 0.3) is 0 Å². The van der Waals surface area contributed by atoms with Crippen LogP contribution < -0.4 is 21.4 Å². The smallest absolute Gasteiger partial charge is 0.444 e. The van der Waals surface area contributed by atoms with E-state index in [1.807, 2.05) is 27.7 Å². The summed E-state index contributed by atoms with van der Waals surface area (Å²) in [5.74, 6) is 0.225. The van der Waals surface area contributed by atoms with Crippen molar-refractivity contribution < 1.29 is 23.6 Å². The van der Waals surface area contributed by atoms with E-state index in [-0.39, 0.29) is 18.0 Å². The number of anilines is 1. The van der Waals surface area contributed by atoms with E-state index in [1.165, 1.54) is 0 Å². The van der Waals surface area contributed by atoms with Crippen molar-refractivity contribution in [3.05, 3.63) is 12.4 Å². The molecule has 3 rings (SSSR count). The third-order valence-electron chi connectivity index (χ3n) is 6.73. The second-order valence-electron chi connectivity index (χ2n) is 11.4. The van der Waals surface area contributed by atoms with Crippen LogP contribution in [0, 0.1) is 0 Å². The minimum atomic E-state index is -0.720. The highest BCUT2D eigenvalue weighted by molar-refractivity contribution is 6.61. The molecule has 0 bridgehead atoms. The van der Waals surface area contributed by atoms with Crippen molar-refractivity contribution in [2.75, 3.05) is 5.32 Å². The molecule has 1 saturated heterocycles. The molecule has 1 aliphatic carbocycles. The van der Waals surface area contributed by atoms with Crippen LogP contribution in [0.4, 0.5) is 10.7 Å². The molecular formula is C24H40BN5O5. The van der Waals surface area contributed by atoms with E-state index in [2.05, 4.69) is 25.9 Å². The highest BCUT2D eigenvalue weighted by atomic mass is 16.7. The SMILES string of the molecule is C[C@H](NC(=O)OC(C)(C)C)C(=O)N[C@@H]1CCCC[C@H]1Nc1ncc(B2OC(C)(C)C(C)(C)O2)cn1. The number of rotatable bonds is 6. The number of amides is 2. The van der Waals surface area contributed by atoms with Gasteiger partial charge in [-0.1, -0.05) is 12.8 Å². The Morgan fingerprint density at radius 2 is 1.60 bits per heavy atom. The van der Waals surface area contributed by atoms with Crippen LogP contribution in [0.15, 0.2) is 12.4 Å². The molecule has 0 unspecified atom stereocenters. The summed E-state index contributed by atoms with van der Waals surface area (Å²) in [6.45, 7) is 15.0. The van der Waals surface area contributed by atoms with Crippen LogP contribution in [0.3, 0.4) is 0 Å². The minimum absolute atomic E-state index is 0.0240. The number of ether oxygens (including phenoxy) is 1. The predicted molar refractivity (Wildman–Crippen MR) is 134 cm³/mol. The van der Waals surface area contributed by atoms with Gasteiger partial charge in [-0.2, -0.15) is 0 Å². The average molecular weight is 489 g/mol. The molecule has 2 fully saturated rings. The van der Waals surface area contributed by atoms with Crippen LogP contribution in [0.2, 0.25) is 0 Å². The summed E-state index contributed by atoms with van der Waals surface area (Å²) in [4.78, 5) is 33.7. The summed E-state index contributed by atoms with van der Waals surface area (Å²) < 4.78 is 17.4. The van der Waals surface area contributed by atoms with Crippen LogP contribution in [0.1, 0.15) is 81.1 Å². The molecule has 2 heterocycles. The lowest BCUT2D eigenvalue weighted by molar-refractivity contribution is -0.123. The maximum absolute atomic E-state index is 12.7. The van der Waals surface area contributed by atoms with Gasteiger partial charge in [-0.05, 0) is 68.2 Å². The van der Waals surface area contributed by atoms with Crippen molar-refractivity contribution >= 4 is 30.5 Å². The van der Waals surface area contributed by atoms with Gasteiger partial charge >= 0.3 is 13.2 Å². The molecular weight excluding hydrogens is 449 g/mol. The summed E-state index contributed by atoms with van der Waals surface area (Å²) in [7, 11) is -0.519. The molecule has 2 aliphatic rings. The Morgan fingerprint density at radius 3 is 2.14 bits per heavy atom. The first kappa shape index (κ1) is 27.2. The molecule has 0 radical (unpaired) electrons. The summed E-state index contributed by atoms with van der Waals surface area (Å²) in [6, 6.07) is -0.850. The molecule has 3 atom stereocenters. The molecule has 11 heteroatoms. The van der Waals surface area contributed by atoms with E-state index in [4.69, 9.17) is 14.0 Å². The van der Waals surface area contributed by atoms with E-state index < -0.39 is 36.1 Å². The van der Waals surface area contributed by atoms with Gasteiger partial charge in [-0.3, -0.25) is 4.79 Å². The molecule has 0 spiro atoms. The zero-order valence-corrected chi connectivity index (χ0v) is 22.2. The maximum Gasteiger partial charge on any atom is 0.498 e. The van der Waals surface area contributed by atoms with Crippen LogP contribution >= 0.6 is 0 Å². The van der Waals surface area contributed by atoms with Crippen LogP contribution in [-0.2, 0) is 18.8 Å². The topological polar surface area (TPSA) is 124 Å². The molecule has 3 N–H and O–H groups in total. The largest absolute Gasteiger partial charge is 0.498 e. The van der Waals surface area contributed by atoms with Crippen LogP contribution in [0.25, 0.3) is 0 Å². The van der Waals surface area contributed by atoms with Crippen molar-refractivity contribution in [1.29, 1.82) is 0 Å². The molecule has 2 amide bonds. The lowest BCUT2D eigenvalue weighted by Crippen LogP contribution is -2.54. The molecule has 194 valence electrons. The van der Waals surface area contributed by atoms with Gasteiger partial charge in [0.05, 0.1) is 11.2 Å². The molecule has 35 heavy (non-hydrogen) atoms. The predicted octanol–water partition coefficient (Wildman–Crippen LogP) is 2.53. The Labute approximate surface area is 208 Å². The van der Waals surface area contributed by atoms with Crippen LogP contribution in [0.5, 0.6) is 0 Å². The van der Waals surface area contributed by atoms with Gasteiger partial charge < -0.3 is 30.0 Å². The Morgan fingerprint density at radius 1 is 1.06 bits per heavy atom. The van der Waals surface area contributed by atoms with Gasteiger partial charge in [0.15, 0.2) is 0 Å². The van der Waals surface area contributed by atoms with Crippen molar-refractivity contribution in [3.8, 4) is 0 Å². The second kappa shape index (κ2) is 10.3. The lowest BCUT2D eigenvalue weighted by Gasteiger charge is -2.33. The number of alkyl carbamates (subject to hydrolysis) is 1. The first-order valence-electron chi connectivity index (χ1n) is 12.4. The lowest BCUT2D eigenvalue weighted by atomic mass is 9.81. The fourth-order valence-corrected chi connectivity index (χ4v) is 4.01. The maximum atomic E-state index is 12.7. The third-order valence-corrected chi connectivity index (χ3v) is 6.73. The van der Waals surface area contributed by atoms with E-state index in [9.17, 15) is 9.59 Å². The number of hydrogen-bond donors (Lipinski definition) is 3. The fraction of sp³-hybridized carbons (Fsp3) is 0.750. The molecule has 1 aliphatic heterocycles. The van der Waals surface area contributed by atoms with Gasteiger partial charge in [0.2, 0.25) is 11.9 Å². The van der Waals surface area contributed by atoms with Crippen molar-refractivity contribution in [3.63, 3.8) is 0 Å². The second-order valence-corrected chi connectivity index (χ2v) is 11.4. The normalized spacial score (nSPS) is 24.4. The van der Waals surface area contributed by atoms with Crippen molar-refractivity contribution in [2.45, 2.75) is 116 Å². The first-order chi connectivity index (χ1) is 16.2. The van der Waals surface area contributed by atoms with Gasteiger partial charge in [-0.15, -0.1) is 0 Å². The van der Waals surface area contributed by atoms with Crippen LogP contribution in [-0.4, -0.2) is 64.0 Å². The Bertz CT molecular complexity index is 887. The average Bonchev–Trinajstić information content (AvgIpc) is 2.95. The number of nitrogens with zero attached hydrogens (tertiary/aromatic N) is 2. The Hall–Kier alpha value is -2.40. The molecule has 10 nitrogen and oxygen atoms in total. The first-order valence-corrected chi connectivity index (χ1v) is 12.4. The number of aromatic nitrogens is 2. The summed E-state index contributed by atoms with van der Waals surface area (Å²) in [5.41, 5.74) is -0.740. The standard InChI is InChI=1S/C24H40BN5O5/c1-15(28-21(32)33-22(2,3)4)19(31)29-17-11-9-10-12-18(17)30-20-26-13-16(14-27-20)25-34-23(5,6)24(7,8)35-25/h13-15,17-18H,9-12H2,1-8H3,(H,28,32)(H,29,31)(H,26,27,30)/t15-,17+,18+/m0/s1. The summed E-state index contributed by atoms with van der Waals surface area (Å²) in [5, 5.41) is 9.02. The van der Waals surface area contributed by atoms with Gasteiger partial charge in [0.1, 0.15) is 11.6 Å². The molecule has 1 aromatic heterocycles. The number of carbonyl (C=O) groups is 2. The zero-order chi connectivity index (χ0) is 26.0. The Kier molecular flexibility index (Phi) is 8.01. The molecule has 0 aromatic carbocycles. The van der Waals surface area contributed by atoms with E-state index >= 15 is 0 Å². The van der Waals surface area contributed by atoms with E-state index in [0.29, 0.717) is 5.95 Å². The van der Waals surface area contributed by atoms with E-state index in [1.54, 1.807) is 40.1 Å². The van der Waals surface area contributed by atoms with Gasteiger partial charge in [-0.25, -0.2) is 14.8 Å². The third kappa shape index (κ3) is 7.07. The quantitative estimate of drug-likeness (QED) is 0.521. The summed E-state index contributed by atoms with van der Waals surface area (Å²) in [6.07, 6.45) is 6.56. The highest BCUT2D eigenvalue weighted by Gasteiger charge is 2.52.